The molecule has 116 valence electrons. The number of ether oxygens (including phenoxy) is 2. The van der Waals surface area contributed by atoms with Crippen molar-refractivity contribution in [3.05, 3.63) is 18.1 Å². The maximum absolute atomic E-state index is 12.5. The minimum Gasteiger partial charge on any atom is -0.378 e. The first kappa shape index (κ1) is 14.7. The molecular weight excluding hydrogens is 286 g/mol. The first-order valence-electron chi connectivity index (χ1n) is 7.24. The third-order valence-corrected chi connectivity index (χ3v) is 3.75. The van der Waals surface area contributed by atoms with E-state index in [1.54, 1.807) is 11.1 Å². The minimum absolute atomic E-state index is 0.0320. The first-order chi connectivity index (χ1) is 10.8. The first-order valence-corrected chi connectivity index (χ1v) is 7.24. The molecule has 3 rings (SSSR count). The van der Waals surface area contributed by atoms with E-state index in [2.05, 4.69) is 9.97 Å². The highest BCUT2D eigenvalue weighted by Gasteiger charge is 2.32. The molecule has 0 aliphatic carbocycles. The minimum atomic E-state index is -0.541. The Morgan fingerprint density at radius 3 is 2.77 bits per heavy atom. The van der Waals surface area contributed by atoms with Gasteiger partial charge in [0.1, 0.15) is 6.07 Å². The number of nitriles is 1. The molecule has 8 nitrogen and oxygen atoms in total. The van der Waals surface area contributed by atoms with Gasteiger partial charge in [0, 0.05) is 32.0 Å². The Kier molecular flexibility index (Phi) is 4.46. The van der Waals surface area contributed by atoms with Crippen LogP contribution in [0.5, 0.6) is 0 Å². The van der Waals surface area contributed by atoms with E-state index in [1.165, 1.54) is 6.20 Å². The third-order valence-electron chi connectivity index (χ3n) is 3.75. The van der Waals surface area contributed by atoms with Crippen LogP contribution in [0.1, 0.15) is 5.69 Å². The highest BCUT2D eigenvalue weighted by atomic mass is 16.5. The lowest BCUT2D eigenvalue weighted by Crippen LogP contribution is -2.53. The molecule has 2 aliphatic rings. The van der Waals surface area contributed by atoms with Crippen molar-refractivity contribution in [1.82, 2.24) is 14.9 Å². The quantitative estimate of drug-likeness (QED) is 0.721. The molecule has 1 unspecified atom stereocenters. The van der Waals surface area contributed by atoms with Crippen LogP contribution < -0.4 is 4.90 Å². The molecule has 2 saturated heterocycles. The lowest BCUT2D eigenvalue weighted by Gasteiger charge is -2.36. The van der Waals surface area contributed by atoms with Crippen LogP contribution in [0.3, 0.4) is 0 Å². The smallest absolute Gasteiger partial charge is 0.253 e. The van der Waals surface area contributed by atoms with Crippen LogP contribution in [0.4, 0.5) is 5.82 Å². The van der Waals surface area contributed by atoms with Gasteiger partial charge in [-0.05, 0) is 0 Å². The summed E-state index contributed by atoms with van der Waals surface area (Å²) in [6.07, 6.45) is 2.49. The second-order valence-electron chi connectivity index (χ2n) is 5.08. The lowest BCUT2D eigenvalue weighted by molar-refractivity contribution is -0.148. The summed E-state index contributed by atoms with van der Waals surface area (Å²) in [5.41, 5.74) is 0.266. The van der Waals surface area contributed by atoms with E-state index in [1.807, 2.05) is 11.0 Å². The van der Waals surface area contributed by atoms with Crippen molar-refractivity contribution in [2.45, 2.75) is 6.10 Å². The van der Waals surface area contributed by atoms with Gasteiger partial charge in [0.05, 0.1) is 26.4 Å². The molecule has 1 aromatic heterocycles. The predicted octanol–water partition coefficient (Wildman–Crippen LogP) is -0.588. The average Bonchev–Trinajstić information content (AvgIpc) is 2.62. The van der Waals surface area contributed by atoms with Gasteiger partial charge in [-0.25, -0.2) is 9.97 Å². The molecular formula is C14H17N5O3. The Labute approximate surface area is 128 Å². The van der Waals surface area contributed by atoms with Crippen molar-refractivity contribution in [1.29, 1.82) is 5.26 Å². The average molecular weight is 303 g/mol. The van der Waals surface area contributed by atoms with Crippen LogP contribution in [0.2, 0.25) is 0 Å². The predicted molar refractivity (Wildman–Crippen MR) is 76.1 cm³/mol. The van der Waals surface area contributed by atoms with Crippen LogP contribution >= 0.6 is 0 Å². The topological polar surface area (TPSA) is 91.6 Å². The number of anilines is 1. The fourth-order valence-corrected chi connectivity index (χ4v) is 2.62. The van der Waals surface area contributed by atoms with E-state index in [0.29, 0.717) is 51.8 Å². The summed E-state index contributed by atoms with van der Waals surface area (Å²) >= 11 is 0. The lowest BCUT2D eigenvalue weighted by atomic mass is 10.2. The van der Waals surface area contributed by atoms with E-state index in [-0.39, 0.29) is 11.6 Å². The van der Waals surface area contributed by atoms with Gasteiger partial charge < -0.3 is 19.3 Å². The van der Waals surface area contributed by atoms with Gasteiger partial charge in [-0.1, -0.05) is 0 Å². The van der Waals surface area contributed by atoms with Crippen molar-refractivity contribution < 1.29 is 14.3 Å². The highest BCUT2D eigenvalue weighted by molar-refractivity contribution is 5.82. The molecule has 0 bridgehead atoms. The Morgan fingerprint density at radius 1 is 1.23 bits per heavy atom. The molecule has 2 fully saturated rings. The summed E-state index contributed by atoms with van der Waals surface area (Å²) in [5, 5.41) is 9.13. The Hall–Kier alpha value is -2.24. The van der Waals surface area contributed by atoms with Crippen molar-refractivity contribution in [3.8, 4) is 6.07 Å². The summed E-state index contributed by atoms with van der Waals surface area (Å²) in [6, 6.07) is 2.03. The Bertz CT molecular complexity index is 582. The molecule has 0 N–H and O–H groups in total. The Balaban J connectivity index is 1.71. The molecule has 8 heteroatoms. The molecule has 0 aromatic carbocycles. The van der Waals surface area contributed by atoms with Gasteiger partial charge in [0.2, 0.25) is 0 Å². The van der Waals surface area contributed by atoms with E-state index < -0.39 is 6.10 Å². The van der Waals surface area contributed by atoms with Gasteiger partial charge in [-0.2, -0.15) is 5.26 Å². The normalized spacial score (nSPS) is 22.2. The molecule has 2 aliphatic heterocycles. The highest BCUT2D eigenvalue weighted by Crippen LogP contribution is 2.18. The van der Waals surface area contributed by atoms with E-state index >= 15 is 0 Å². The number of nitrogens with zero attached hydrogens (tertiary/aromatic N) is 5. The number of rotatable bonds is 2. The summed E-state index contributed by atoms with van der Waals surface area (Å²) < 4.78 is 10.9. The molecule has 22 heavy (non-hydrogen) atoms. The van der Waals surface area contributed by atoms with E-state index in [0.717, 1.165) is 0 Å². The van der Waals surface area contributed by atoms with Crippen molar-refractivity contribution in [2.75, 3.05) is 50.9 Å². The second kappa shape index (κ2) is 6.68. The monoisotopic (exact) mass is 303 g/mol. The van der Waals surface area contributed by atoms with Gasteiger partial charge in [-0.3, -0.25) is 4.79 Å². The molecule has 1 aromatic rings. The zero-order valence-electron chi connectivity index (χ0n) is 12.1. The van der Waals surface area contributed by atoms with Crippen LogP contribution in [0.15, 0.2) is 12.4 Å². The fraction of sp³-hybridized carbons (Fsp3) is 0.571. The molecule has 0 radical (unpaired) electrons. The summed E-state index contributed by atoms with van der Waals surface area (Å²) in [4.78, 5) is 24.4. The number of hydrogen-bond acceptors (Lipinski definition) is 7. The molecule has 1 amide bonds. The number of hydrogen-bond donors (Lipinski definition) is 0. The second-order valence-corrected chi connectivity index (χ2v) is 5.08. The summed E-state index contributed by atoms with van der Waals surface area (Å²) in [6.45, 7) is 3.68. The van der Waals surface area contributed by atoms with Gasteiger partial charge in [-0.15, -0.1) is 0 Å². The largest absolute Gasteiger partial charge is 0.378 e. The maximum atomic E-state index is 12.5. The number of carbonyl (C=O) groups is 1. The SMILES string of the molecule is N#Cc1nccnc1N1CCOC(C(=O)N2CCOCC2)C1. The van der Waals surface area contributed by atoms with Crippen LogP contribution in [-0.2, 0) is 14.3 Å². The van der Waals surface area contributed by atoms with Gasteiger partial charge >= 0.3 is 0 Å². The summed E-state index contributed by atoms with van der Waals surface area (Å²) in [7, 11) is 0. The number of aromatic nitrogens is 2. The van der Waals surface area contributed by atoms with Crippen molar-refractivity contribution in [3.63, 3.8) is 0 Å². The Morgan fingerprint density at radius 2 is 2.00 bits per heavy atom. The van der Waals surface area contributed by atoms with Gasteiger partial charge in [0.15, 0.2) is 17.6 Å². The number of morpholine rings is 2. The fourth-order valence-electron chi connectivity index (χ4n) is 2.62. The summed E-state index contributed by atoms with van der Waals surface area (Å²) in [5.74, 6) is 0.475. The van der Waals surface area contributed by atoms with Crippen LogP contribution in [-0.4, -0.2) is 72.9 Å². The maximum Gasteiger partial charge on any atom is 0.253 e. The van der Waals surface area contributed by atoms with Crippen molar-refractivity contribution in [2.24, 2.45) is 0 Å². The molecule has 3 heterocycles. The van der Waals surface area contributed by atoms with Crippen molar-refractivity contribution >= 4 is 11.7 Å². The number of amides is 1. The molecule has 0 saturated carbocycles. The van der Waals surface area contributed by atoms with Gasteiger partial charge in [0.25, 0.3) is 5.91 Å². The van der Waals surface area contributed by atoms with Crippen LogP contribution in [0.25, 0.3) is 0 Å². The van der Waals surface area contributed by atoms with E-state index in [4.69, 9.17) is 14.7 Å². The third kappa shape index (κ3) is 3.00. The number of carbonyl (C=O) groups excluding carboxylic acids is 1. The van der Waals surface area contributed by atoms with Crippen LogP contribution in [0, 0.1) is 11.3 Å². The zero-order valence-corrected chi connectivity index (χ0v) is 12.1. The standard InChI is InChI=1S/C14H17N5O3/c15-9-11-13(17-2-1-16-11)19-5-8-22-12(10-19)14(20)18-3-6-21-7-4-18/h1-2,12H,3-8,10H2. The molecule has 1 atom stereocenters. The zero-order chi connectivity index (χ0) is 15.4. The molecule has 0 spiro atoms. The van der Waals surface area contributed by atoms with E-state index in [9.17, 15) is 4.79 Å².